The van der Waals surface area contributed by atoms with Crippen LogP contribution in [0.2, 0.25) is 0 Å². The molecular weight excluding hydrogens is 278 g/mol. The fourth-order valence-corrected chi connectivity index (χ4v) is 2.49. The first kappa shape index (κ1) is 12.9. The molecule has 0 amide bonds. The number of aliphatic hydroxyl groups is 2. The molecule has 1 aliphatic heterocycles. The molecule has 0 radical (unpaired) electrons. The lowest BCUT2D eigenvalue weighted by molar-refractivity contribution is -0.0583. The number of anilines is 1. The Bertz CT molecular complexity index is 653. The summed E-state index contributed by atoms with van der Waals surface area (Å²) in [5, 5.41) is 22.4. The summed E-state index contributed by atoms with van der Waals surface area (Å²) in [4.78, 5) is 12.5. The second-order valence-corrected chi connectivity index (χ2v) is 4.67. The Morgan fingerprint density at radius 3 is 3.10 bits per heavy atom. The quantitative estimate of drug-likeness (QED) is 0.667. The summed E-state index contributed by atoms with van der Waals surface area (Å²) in [6, 6.07) is 0. The number of hydrogen-bond acceptors (Lipinski definition) is 8. The molecule has 1 aliphatic rings. The molecule has 9 nitrogen and oxygen atoms in total. The lowest BCUT2D eigenvalue weighted by Gasteiger charge is -2.19. The molecule has 1 saturated heterocycles. The maximum atomic E-state index is 10.1. The van der Waals surface area contributed by atoms with E-state index in [1.54, 1.807) is 11.6 Å². The largest absolute Gasteiger partial charge is 0.394 e. The molecular formula is C12H17N5O4. The van der Waals surface area contributed by atoms with Gasteiger partial charge in [-0.3, -0.25) is 4.57 Å². The number of aliphatic hydroxyl groups excluding tert-OH is 2. The number of methoxy groups -OCH3 is 1. The smallest absolute Gasteiger partial charge is 0.167 e. The molecule has 114 valence electrons. The number of hydrogen-bond donors (Lipinski definition) is 3. The number of aromatic nitrogens is 4. The number of rotatable bonds is 4. The third-order valence-electron chi connectivity index (χ3n) is 3.55. The van der Waals surface area contributed by atoms with Crippen molar-refractivity contribution in [3.05, 3.63) is 12.7 Å². The van der Waals surface area contributed by atoms with Crippen LogP contribution in [0.25, 0.3) is 11.2 Å². The van der Waals surface area contributed by atoms with E-state index in [4.69, 9.17) is 10.8 Å². The topological polar surface area (TPSA) is 115 Å². The molecule has 21 heavy (non-hydrogen) atoms. The van der Waals surface area contributed by atoms with Crippen LogP contribution < -0.4 is 5.32 Å². The van der Waals surface area contributed by atoms with Gasteiger partial charge in [-0.15, -0.1) is 0 Å². The third kappa shape index (κ3) is 2.14. The number of nitrogens with one attached hydrogen (secondary N) is 1. The molecule has 3 rings (SSSR count). The van der Waals surface area contributed by atoms with Gasteiger partial charge in [0.15, 0.2) is 17.7 Å². The normalized spacial score (nSPS) is 29.8. The zero-order valence-corrected chi connectivity index (χ0v) is 11.4. The zero-order chi connectivity index (χ0) is 15.7. The Labute approximate surface area is 122 Å². The van der Waals surface area contributed by atoms with Crippen LogP contribution in [0.3, 0.4) is 0 Å². The van der Waals surface area contributed by atoms with Gasteiger partial charge < -0.3 is 25.0 Å². The standard InChI is InChI=1S/C12H17N5O4/c1-13-10-7-11(15-4-14-10)17(5-16-7)12-9(20-2)8(19)6(3-18)21-12/h4-6,8-9,12,18-19H,3H2,1-2H3,(H,13,14,15)/t6-,8-,9-,12-/m1/s1/i2D. The van der Waals surface area contributed by atoms with Crippen molar-refractivity contribution in [2.75, 3.05) is 26.1 Å². The van der Waals surface area contributed by atoms with Crippen LogP contribution in [0.4, 0.5) is 5.82 Å². The van der Waals surface area contributed by atoms with Gasteiger partial charge in [0.25, 0.3) is 0 Å². The predicted molar refractivity (Wildman–Crippen MR) is 72.7 cm³/mol. The first-order valence-corrected chi connectivity index (χ1v) is 6.41. The minimum absolute atomic E-state index is 0.330. The Kier molecular flexibility index (Phi) is 3.39. The van der Waals surface area contributed by atoms with Crippen molar-refractivity contribution >= 4 is 17.0 Å². The van der Waals surface area contributed by atoms with Gasteiger partial charge in [0.2, 0.25) is 0 Å². The van der Waals surface area contributed by atoms with E-state index in [0.717, 1.165) is 0 Å². The summed E-state index contributed by atoms with van der Waals surface area (Å²) >= 11 is 0. The lowest BCUT2D eigenvalue weighted by Crippen LogP contribution is -2.34. The number of nitrogens with zero attached hydrogens (tertiary/aromatic N) is 4. The molecule has 0 saturated carbocycles. The molecule has 3 N–H and O–H groups in total. The highest BCUT2D eigenvalue weighted by atomic mass is 16.6. The summed E-state index contributed by atoms with van der Waals surface area (Å²) in [6.45, 7) is -0.348. The highest BCUT2D eigenvalue weighted by Gasteiger charge is 2.45. The molecule has 3 heterocycles. The van der Waals surface area contributed by atoms with E-state index >= 15 is 0 Å². The van der Waals surface area contributed by atoms with E-state index in [1.165, 1.54) is 12.7 Å². The van der Waals surface area contributed by atoms with Crippen molar-refractivity contribution in [3.63, 3.8) is 0 Å². The van der Waals surface area contributed by atoms with E-state index in [9.17, 15) is 10.2 Å². The Balaban J connectivity index is 2.02. The van der Waals surface area contributed by atoms with Crippen molar-refractivity contribution in [1.82, 2.24) is 19.5 Å². The third-order valence-corrected chi connectivity index (χ3v) is 3.55. The average molecular weight is 296 g/mol. The van der Waals surface area contributed by atoms with Gasteiger partial charge in [0.1, 0.15) is 30.2 Å². The van der Waals surface area contributed by atoms with Crippen LogP contribution in [0.15, 0.2) is 12.7 Å². The van der Waals surface area contributed by atoms with E-state index in [-0.39, 0.29) is 13.7 Å². The SMILES string of the molecule is [2H]CO[C@@H]1[C@H](O)[C@@H](CO)O[C@H]1n1cnc2c(NC)ncnc21. The molecule has 0 unspecified atom stereocenters. The molecule has 2 aromatic rings. The minimum atomic E-state index is -1.04. The highest BCUT2D eigenvalue weighted by molar-refractivity contribution is 5.82. The summed E-state index contributed by atoms with van der Waals surface area (Å²) in [5.74, 6) is 0.568. The van der Waals surface area contributed by atoms with Crippen molar-refractivity contribution < 1.29 is 21.1 Å². The van der Waals surface area contributed by atoms with Crippen LogP contribution in [-0.2, 0) is 9.47 Å². The van der Waals surface area contributed by atoms with Gasteiger partial charge in [0, 0.05) is 14.1 Å². The molecule has 0 spiro atoms. The van der Waals surface area contributed by atoms with E-state index in [1.807, 2.05) is 0 Å². The number of fused-ring (bicyclic) bond motifs is 1. The first-order chi connectivity index (χ1) is 10.7. The zero-order valence-electron chi connectivity index (χ0n) is 12.4. The molecule has 1 fully saturated rings. The van der Waals surface area contributed by atoms with Crippen LogP contribution in [0, 0.1) is 0 Å². The Hall–Kier alpha value is -1.81. The molecule has 0 bridgehead atoms. The summed E-state index contributed by atoms with van der Waals surface area (Å²) in [5.41, 5.74) is 1.06. The summed E-state index contributed by atoms with van der Waals surface area (Å²) < 4.78 is 19.7. The minimum Gasteiger partial charge on any atom is -0.394 e. The maximum Gasteiger partial charge on any atom is 0.167 e. The molecule has 2 aromatic heterocycles. The maximum absolute atomic E-state index is 10.1. The van der Waals surface area contributed by atoms with Gasteiger partial charge in [-0.1, -0.05) is 0 Å². The van der Waals surface area contributed by atoms with Gasteiger partial charge in [0.05, 0.1) is 14.3 Å². The van der Waals surface area contributed by atoms with Crippen molar-refractivity contribution in [3.8, 4) is 0 Å². The van der Waals surface area contributed by atoms with E-state index in [0.29, 0.717) is 17.0 Å². The monoisotopic (exact) mass is 296 g/mol. The molecule has 0 aromatic carbocycles. The second kappa shape index (κ2) is 5.53. The average Bonchev–Trinajstić information content (AvgIpc) is 3.09. The fourth-order valence-electron chi connectivity index (χ4n) is 2.49. The van der Waals surface area contributed by atoms with Gasteiger partial charge in [-0.2, -0.15) is 0 Å². The Morgan fingerprint density at radius 2 is 2.38 bits per heavy atom. The lowest BCUT2D eigenvalue weighted by atomic mass is 10.1. The molecule has 4 atom stereocenters. The van der Waals surface area contributed by atoms with Gasteiger partial charge in [-0.05, 0) is 0 Å². The second-order valence-electron chi connectivity index (χ2n) is 4.67. The molecule has 0 aliphatic carbocycles. The molecule has 9 heteroatoms. The van der Waals surface area contributed by atoms with E-state index in [2.05, 4.69) is 20.3 Å². The van der Waals surface area contributed by atoms with Gasteiger partial charge >= 0.3 is 0 Å². The summed E-state index contributed by atoms with van der Waals surface area (Å²) in [6.07, 6.45) is -0.450. The van der Waals surface area contributed by atoms with Crippen LogP contribution in [0.1, 0.15) is 7.60 Å². The fraction of sp³-hybridized carbons (Fsp3) is 0.583. The van der Waals surface area contributed by atoms with Crippen molar-refractivity contribution in [2.45, 2.75) is 24.5 Å². The Morgan fingerprint density at radius 1 is 1.52 bits per heavy atom. The first-order valence-electron chi connectivity index (χ1n) is 7.12. The van der Waals surface area contributed by atoms with E-state index < -0.39 is 24.5 Å². The van der Waals surface area contributed by atoms with Gasteiger partial charge in [-0.25, -0.2) is 15.0 Å². The van der Waals surface area contributed by atoms with Crippen molar-refractivity contribution in [2.24, 2.45) is 0 Å². The highest BCUT2D eigenvalue weighted by Crippen LogP contribution is 2.33. The van der Waals surface area contributed by atoms with Crippen molar-refractivity contribution in [1.29, 1.82) is 0 Å². The van der Waals surface area contributed by atoms with Crippen LogP contribution in [0.5, 0.6) is 0 Å². The van der Waals surface area contributed by atoms with Crippen LogP contribution in [-0.4, -0.2) is 68.8 Å². The number of ether oxygens (including phenoxy) is 2. The van der Waals surface area contributed by atoms with Crippen LogP contribution >= 0.6 is 0 Å². The predicted octanol–water partition coefficient (Wildman–Crippen LogP) is -0.866. The number of imidazole rings is 1. The summed E-state index contributed by atoms with van der Waals surface area (Å²) in [7, 11) is 1.40.